The van der Waals surface area contributed by atoms with Crippen molar-refractivity contribution < 1.29 is 58.2 Å². The second-order valence-corrected chi connectivity index (χ2v) is 21.0. The molecule has 434 valence electrons. The molecule has 1 aliphatic rings. The normalized spacial score (nSPS) is 18.4. The lowest BCUT2D eigenvalue weighted by atomic mass is 9.98. The molecule has 0 spiro atoms. The quantitative estimate of drug-likeness (QED) is 0.0228. The summed E-state index contributed by atoms with van der Waals surface area (Å²) < 4.78 is 28.4. The van der Waals surface area contributed by atoms with Crippen LogP contribution in [-0.4, -0.2) is 89.2 Å². The van der Waals surface area contributed by atoms with Crippen LogP contribution in [0, 0.1) is 0 Å². The van der Waals surface area contributed by atoms with E-state index in [1.54, 1.807) is 0 Å². The molecule has 12 heteroatoms. The molecule has 12 nitrogen and oxygen atoms in total. The lowest BCUT2D eigenvalue weighted by Crippen LogP contribution is -2.61. The molecule has 0 saturated carbocycles. The van der Waals surface area contributed by atoms with E-state index in [-0.39, 0.29) is 25.9 Å². The maximum absolute atomic E-state index is 13.2. The van der Waals surface area contributed by atoms with Crippen molar-refractivity contribution in [2.45, 2.75) is 314 Å². The number of aliphatic carboxylic acids is 1. The maximum Gasteiger partial charge on any atom is 0.335 e. The average molecular weight is 1060 g/mol. The molecule has 0 aromatic heterocycles. The van der Waals surface area contributed by atoms with E-state index in [4.69, 9.17) is 23.7 Å². The third kappa shape index (κ3) is 41.5. The first kappa shape index (κ1) is 69.7. The van der Waals surface area contributed by atoms with E-state index in [2.05, 4.69) is 69.4 Å². The predicted molar refractivity (Wildman–Crippen MR) is 303 cm³/mol. The summed E-state index contributed by atoms with van der Waals surface area (Å²) in [6, 6.07) is 0. The van der Waals surface area contributed by atoms with Gasteiger partial charge in [0.15, 0.2) is 24.6 Å². The van der Waals surface area contributed by atoms with E-state index in [1.165, 1.54) is 103 Å². The van der Waals surface area contributed by atoms with Gasteiger partial charge in [0.1, 0.15) is 18.8 Å². The second kappa shape index (κ2) is 51.4. The van der Waals surface area contributed by atoms with Crippen molar-refractivity contribution in [2.24, 2.45) is 0 Å². The molecule has 0 amide bonds. The molecule has 0 bridgehead atoms. The van der Waals surface area contributed by atoms with Crippen LogP contribution in [-0.2, 0) is 42.9 Å². The second-order valence-electron chi connectivity index (χ2n) is 21.0. The van der Waals surface area contributed by atoms with Crippen molar-refractivity contribution in [3.8, 4) is 0 Å². The number of ether oxygens (including phenoxy) is 5. The molecular formula is C63H110O12. The smallest absolute Gasteiger partial charge is 0.335 e. The summed E-state index contributed by atoms with van der Waals surface area (Å²) in [5, 5.41) is 31.5. The SMILES string of the molecule is CCC/C=C\C/C=C\CCCCCCCC(=O)OC1C(OCC(COC(=O)CCCCCCCCCCCCCCCCCCC)OC(=O)CCCCCCC/C=C\C/C=C\CCCCC)OC(C(=O)O)C(O)C1O. The van der Waals surface area contributed by atoms with E-state index < -0.39 is 67.3 Å². The molecule has 1 fully saturated rings. The highest BCUT2D eigenvalue weighted by molar-refractivity contribution is 5.74. The number of allylic oxidation sites excluding steroid dienone is 8. The van der Waals surface area contributed by atoms with Crippen LogP contribution in [0.5, 0.6) is 0 Å². The lowest BCUT2D eigenvalue weighted by molar-refractivity contribution is -0.301. The first-order chi connectivity index (χ1) is 36.6. The molecule has 6 unspecified atom stereocenters. The number of carbonyl (C=O) groups excluding carboxylic acids is 3. The molecule has 0 aromatic rings. The summed E-state index contributed by atoms with van der Waals surface area (Å²) in [5.74, 6) is -3.14. The number of hydrogen-bond donors (Lipinski definition) is 3. The number of aliphatic hydroxyl groups excluding tert-OH is 2. The lowest BCUT2D eigenvalue weighted by Gasteiger charge is -2.40. The number of rotatable bonds is 52. The number of carboxylic acid groups (broad SMARTS) is 1. The highest BCUT2D eigenvalue weighted by Gasteiger charge is 2.50. The van der Waals surface area contributed by atoms with Gasteiger partial charge < -0.3 is 39.0 Å². The molecule has 1 aliphatic heterocycles. The molecule has 6 atom stereocenters. The fourth-order valence-electron chi connectivity index (χ4n) is 9.14. The Labute approximate surface area is 456 Å². The van der Waals surface area contributed by atoms with Crippen molar-refractivity contribution in [3.05, 3.63) is 48.6 Å². The van der Waals surface area contributed by atoms with E-state index >= 15 is 0 Å². The maximum atomic E-state index is 13.2. The van der Waals surface area contributed by atoms with Crippen LogP contribution in [0.3, 0.4) is 0 Å². The van der Waals surface area contributed by atoms with Gasteiger partial charge in [-0.2, -0.15) is 0 Å². The van der Waals surface area contributed by atoms with Gasteiger partial charge in [0.05, 0.1) is 6.61 Å². The zero-order chi connectivity index (χ0) is 54.7. The highest BCUT2D eigenvalue weighted by Crippen LogP contribution is 2.26. The Morgan fingerprint density at radius 2 is 0.827 bits per heavy atom. The third-order valence-electron chi connectivity index (χ3n) is 13.9. The van der Waals surface area contributed by atoms with Gasteiger partial charge in [0.25, 0.3) is 0 Å². The van der Waals surface area contributed by atoms with Crippen LogP contribution in [0.25, 0.3) is 0 Å². The van der Waals surface area contributed by atoms with E-state index in [0.717, 1.165) is 116 Å². The molecule has 3 N–H and O–H groups in total. The number of carbonyl (C=O) groups is 4. The summed E-state index contributed by atoms with van der Waals surface area (Å²) in [6.45, 7) is 5.91. The number of aliphatic hydroxyl groups is 2. The highest BCUT2D eigenvalue weighted by atomic mass is 16.7. The standard InChI is InChI=1S/C63H110O12/c1-4-7-10-13-16-19-22-25-27-28-30-32-34-37-40-43-46-49-55(64)71-52-54(73-56(65)50-47-44-41-38-36-33-29-26-23-20-17-14-11-8-5-2)53-72-63-61(59(68)58(67)60(75-63)62(69)70)74-57(66)51-48-45-42-39-35-31-24-21-18-15-12-9-6-3/h12,15,17,20-21,24,26,29,54,58-61,63,67-68H,4-11,13-14,16,18-19,22-23,25,27-28,30-53H2,1-3H3,(H,69,70)/b15-12-,20-17-,24-21-,29-26-. The monoisotopic (exact) mass is 1060 g/mol. The first-order valence-electron chi connectivity index (χ1n) is 30.6. The Kier molecular flexibility index (Phi) is 47.8. The Morgan fingerprint density at radius 1 is 0.440 bits per heavy atom. The summed E-state index contributed by atoms with van der Waals surface area (Å²) in [7, 11) is 0. The fourth-order valence-corrected chi connectivity index (χ4v) is 9.14. The topological polar surface area (TPSA) is 175 Å². The minimum absolute atomic E-state index is 0.0438. The molecule has 75 heavy (non-hydrogen) atoms. The summed E-state index contributed by atoms with van der Waals surface area (Å²) in [5.41, 5.74) is 0. The van der Waals surface area contributed by atoms with E-state index in [1.807, 2.05) is 0 Å². The van der Waals surface area contributed by atoms with Crippen molar-refractivity contribution in [2.75, 3.05) is 13.2 Å². The number of carboxylic acids is 1. The van der Waals surface area contributed by atoms with Crippen LogP contribution in [0.4, 0.5) is 0 Å². The van der Waals surface area contributed by atoms with Gasteiger partial charge in [-0.05, 0) is 77.0 Å². The summed E-state index contributed by atoms with van der Waals surface area (Å²) in [6.07, 6.45) is 49.3. The average Bonchev–Trinajstić information content (AvgIpc) is 3.39. The van der Waals surface area contributed by atoms with Crippen LogP contribution in [0.15, 0.2) is 48.6 Å². The largest absolute Gasteiger partial charge is 0.479 e. The first-order valence-corrected chi connectivity index (χ1v) is 30.6. The van der Waals surface area contributed by atoms with Crippen LogP contribution in [0.2, 0.25) is 0 Å². The number of hydrogen-bond acceptors (Lipinski definition) is 11. The van der Waals surface area contributed by atoms with Crippen LogP contribution < -0.4 is 0 Å². The van der Waals surface area contributed by atoms with Gasteiger partial charge in [0.2, 0.25) is 0 Å². The minimum atomic E-state index is -1.91. The zero-order valence-electron chi connectivity index (χ0n) is 47.8. The minimum Gasteiger partial charge on any atom is -0.479 e. The Bertz CT molecular complexity index is 1490. The fraction of sp³-hybridized carbons (Fsp3) is 0.810. The van der Waals surface area contributed by atoms with Crippen molar-refractivity contribution >= 4 is 23.9 Å². The summed E-state index contributed by atoms with van der Waals surface area (Å²) >= 11 is 0. The van der Waals surface area contributed by atoms with Gasteiger partial charge in [-0.3, -0.25) is 14.4 Å². The molecule has 1 heterocycles. The number of unbranched alkanes of at least 4 members (excludes halogenated alkanes) is 30. The zero-order valence-corrected chi connectivity index (χ0v) is 47.8. The molecule has 1 saturated heterocycles. The van der Waals surface area contributed by atoms with Crippen molar-refractivity contribution in [1.82, 2.24) is 0 Å². The van der Waals surface area contributed by atoms with E-state index in [0.29, 0.717) is 19.3 Å². The Hall–Kier alpha value is -3.32. The predicted octanol–water partition coefficient (Wildman–Crippen LogP) is 15.8. The van der Waals surface area contributed by atoms with Gasteiger partial charge in [-0.25, -0.2) is 4.79 Å². The molecule has 0 aromatic carbocycles. The van der Waals surface area contributed by atoms with Crippen LogP contribution in [0.1, 0.15) is 278 Å². The third-order valence-corrected chi connectivity index (χ3v) is 13.9. The Morgan fingerprint density at radius 3 is 1.28 bits per heavy atom. The summed E-state index contributed by atoms with van der Waals surface area (Å²) in [4.78, 5) is 51.1. The molecule has 0 aliphatic carbocycles. The molecular weight excluding hydrogens is 949 g/mol. The van der Waals surface area contributed by atoms with Crippen molar-refractivity contribution in [1.29, 1.82) is 0 Å². The molecule has 1 rings (SSSR count). The van der Waals surface area contributed by atoms with Crippen LogP contribution >= 0.6 is 0 Å². The van der Waals surface area contributed by atoms with Gasteiger partial charge in [-0.15, -0.1) is 0 Å². The van der Waals surface area contributed by atoms with Crippen molar-refractivity contribution in [3.63, 3.8) is 0 Å². The van der Waals surface area contributed by atoms with Gasteiger partial charge in [0, 0.05) is 19.3 Å². The number of esters is 3. The van der Waals surface area contributed by atoms with Gasteiger partial charge >= 0.3 is 23.9 Å². The van der Waals surface area contributed by atoms with E-state index in [9.17, 15) is 34.5 Å². The Balaban J connectivity index is 2.68. The molecule has 0 radical (unpaired) electrons. The van der Waals surface area contributed by atoms with Gasteiger partial charge in [-0.1, -0.05) is 230 Å².